The van der Waals surface area contributed by atoms with Gasteiger partial charge in [-0.1, -0.05) is 12.8 Å². The normalized spacial score (nSPS) is 15.5. The molecule has 1 saturated carbocycles. The SMILES string of the molecule is N#Cc1ccc(NC(=O)C2CCCC2)c(N)c1. The lowest BCUT2D eigenvalue weighted by atomic mass is 10.1. The van der Waals surface area contributed by atoms with E-state index in [1.54, 1.807) is 18.2 Å². The monoisotopic (exact) mass is 229 g/mol. The van der Waals surface area contributed by atoms with Crippen LogP contribution in [0.4, 0.5) is 11.4 Å². The first-order valence-electron chi connectivity index (χ1n) is 5.81. The molecule has 2 rings (SSSR count). The van der Waals surface area contributed by atoms with E-state index in [9.17, 15) is 4.79 Å². The Bertz CT molecular complexity index is 470. The van der Waals surface area contributed by atoms with E-state index in [4.69, 9.17) is 11.0 Å². The molecule has 0 bridgehead atoms. The zero-order valence-corrected chi connectivity index (χ0v) is 9.57. The van der Waals surface area contributed by atoms with Gasteiger partial charge in [-0.25, -0.2) is 0 Å². The molecule has 0 spiro atoms. The Hall–Kier alpha value is -2.02. The number of nitrogens with zero attached hydrogens (tertiary/aromatic N) is 1. The molecule has 1 aliphatic carbocycles. The molecule has 1 aromatic rings. The van der Waals surface area contributed by atoms with E-state index in [0.717, 1.165) is 25.7 Å². The second-order valence-electron chi connectivity index (χ2n) is 4.38. The number of nitriles is 1. The Labute approximate surface area is 100 Å². The molecule has 88 valence electrons. The van der Waals surface area contributed by atoms with Crippen molar-refractivity contribution in [1.29, 1.82) is 5.26 Å². The van der Waals surface area contributed by atoms with Crippen molar-refractivity contribution in [3.63, 3.8) is 0 Å². The number of nitrogens with one attached hydrogen (secondary N) is 1. The van der Waals surface area contributed by atoms with Gasteiger partial charge < -0.3 is 11.1 Å². The van der Waals surface area contributed by atoms with Crippen LogP contribution in [0.1, 0.15) is 31.2 Å². The standard InChI is InChI=1S/C13H15N3O/c14-8-9-5-6-12(11(15)7-9)16-13(17)10-3-1-2-4-10/h5-7,10H,1-4,15H2,(H,16,17). The minimum Gasteiger partial charge on any atom is -0.397 e. The van der Waals surface area contributed by atoms with Gasteiger partial charge in [0.15, 0.2) is 0 Å². The molecule has 1 fully saturated rings. The van der Waals surface area contributed by atoms with Crippen LogP contribution >= 0.6 is 0 Å². The molecule has 1 aromatic carbocycles. The van der Waals surface area contributed by atoms with Gasteiger partial charge >= 0.3 is 0 Å². The molecule has 0 radical (unpaired) electrons. The van der Waals surface area contributed by atoms with Crippen molar-refractivity contribution >= 4 is 17.3 Å². The fraction of sp³-hybridized carbons (Fsp3) is 0.385. The topological polar surface area (TPSA) is 78.9 Å². The van der Waals surface area contributed by atoms with Gasteiger partial charge in [-0.2, -0.15) is 5.26 Å². The summed E-state index contributed by atoms with van der Waals surface area (Å²) in [5.74, 6) is 0.156. The Kier molecular flexibility index (Phi) is 3.29. The van der Waals surface area contributed by atoms with E-state index in [2.05, 4.69) is 5.32 Å². The lowest BCUT2D eigenvalue weighted by Crippen LogP contribution is -2.20. The molecule has 0 unspecified atom stereocenters. The van der Waals surface area contributed by atoms with Crippen LogP contribution < -0.4 is 11.1 Å². The quantitative estimate of drug-likeness (QED) is 0.763. The lowest BCUT2D eigenvalue weighted by molar-refractivity contribution is -0.119. The molecular formula is C13H15N3O. The first-order valence-corrected chi connectivity index (χ1v) is 5.81. The molecular weight excluding hydrogens is 214 g/mol. The number of hydrogen-bond acceptors (Lipinski definition) is 3. The van der Waals surface area contributed by atoms with Gasteiger partial charge in [0.2, 0.25) is 5.91 Å². The third-order valence-electron chi connectivity index (χ3n) is 3.16. The second kappa shape index (κ2) is 4.88. The molecule has 0 atom stereocenters. The number of amides is 1. The summed E-state index contributed by atoms with van der Waals surface area (Å²) in [5, 5.41) is 11.5. The van der Waals surface area contributed by atoms with Crippen molar-refractivity contribution in [3.05, 3.63) is 23.8 Å². The van der Waals surface area contributed by atoms with E-state index >= 15 is 0 Å². The highest BCUT2D eigenvalue weighted by molar-refractivity contribution is 5.95. The van der Waals surface area contributed by atoms with Gasteiger partial charge in [0.25, 0.3) is 0 Å². The minimum atomic E-state index is 0.0407. The Balaban J connectivity index is 2.08. The van der Waals surface area contributed by atoms with Gasteiger partial charge in [0.05, 0.1) is 23.0 Å². The molecule has 0 heterocycles. The van der Waals surface area contributed by atoms with Gasteiger partial charge in [-0.15, -0.1) is 0 Å². The van der Waals surface area contributed by atoms with E-state index in [0.29, 0.717) is 16.9 Å². The van der Waals surface area contributed by atoms with Crippen molar-refractivity contribution in [2.45, 2.75) is 25.7 Å². The summed E-state index contributed by atoms with van der Waals surface area (Å²) in [6.07, 6.45) is 4.17. The fourth-order valence-corrected chi connectivity index (χ4v) is 2.17. The van der Waals surface area contributed by atoms with Gasteiger partial charge in [0.1, 0.15) is 0 Å². The number of rotatable bonds is 2. The molecule has 1 amide bonds. The average molecular weight is 229 g/mol. The third kappa shape index (κ3) is 2.56. The predicted octanol–water partition coefficient (Wildman–Crippen LogP) is 2.27. The number of anilines is 2. The van der Waals surface area contributed by atoms with Crippen LogP contribution in [0.15, 0.2) is 18.2 Å². The number of nitrogens with two attached hydrogens (primary N) is 1. The number of hydrogen-bond donors (Lipinski definition) is 2. The van der Waals surface area contributed by atoms with Crippen molar-refractivity contribution in [2.24, 2.45) is 5.92 Å². The minimum absolute atomic E-state index is 0.0407. The lowest BCUT2D eigenvalue weighted by Gasteiger charge is -2.12. The summed E-state index contributed by atoms with van der Waals surface area (Å²) < 4.78 is 0. The summed E-state index contributed by atoms with van der Waals surface area (Å²) in [6, 6.07) is 6.92. The van der Waals surface area contributed by atoms with Crippen LogP contribution in [0.25, 0.3) is 0 Å². The summed E-state index contributed by atoms with van der Waals surface area (Å²) in [7, 11) is 0. The van der Waals surface area contributed by atoms with Crippen molar-refractivity contribution < 1.29 is 4.79 Å². The molecule has 4 heteroatoms. The first kappa shape index (κ1) is 11.5. The maximum atomic E-state index is 11.9. The third-order valence-corrected chi connectivity index (χ3v) is 3.16. The first-order chi connectivity index (χ1) is 8.20. The summed E-state index contributed by atoms with van der Waals surface area (Å²) in [4.78, 5) is 11.9. The highest BCUT2D eigenvalue weighted by Gasteiger charge is 2.22. The van der Waals surface area contributed by atoms with Crippen LogP contribution in [0.5, 0.6) is 0 Å². The Morgan fingerprint density at radius 2 is 2.12 bits per heavy atom. The molecule has 1 aliphatic rings. The van der Waals surface area contributed by atoms with Crippen molar-refractivity contribution in [1.82, 2.24) is 0 Å². The maximum absolute atomic E-state index is 11.9. The van der Waals surface area contributed by atoms with Crippen LogP contribution in [0.2, 0.25) is 0 Å². The molecule has 0 aromatic heterocycles. The summed E-state index contributed by atoms with van der Waals surface area (Å²) in [6.45, 7) is 0. The van der Waals surface area contributed by atoms with E-state index in [1.807, 2.05) is 6.07 Å². The predicted molar refractivity (Wildman–Crippen MR) is 66.2 cm³/mol. The number of carbonyl (C=O) groups is 1. The second-order valence-corrected chi connectivity index (χ2v) is 4.38. The van der Waals surface area contributed by atoms with Gasteiger partial charge in [0, 0.05) is 5.92 Å². The number of nitrogen functional groups attached to an aromatic ring is 1. The van der Waals surface area contributed by atoms with E-state index in [-0.39, 0.29) is 11.8 Å². The van der Waals surface area contributed by atoms with Gasteiger partial charge in [-0.05, 0) is 31.0 Å². The van der Waals surface area contributed by atoms with Crippen LogP contribution in [0, 0.1) is 17.2 Å². The zero-order valence-electron chi connectivity index (χ0n) is 9.57. The smallest absolute Gasteiger partial charge is 0.227 e. The number of benzene rings is 1. The highest BCUT2D eigenvalue weighted by atomic mass is 16.1. The van der Waals surface area contributed by atoms with Crippen molar-refractivity contribution in [3.8, 4) is 6.07 Å². The molecule has 17 heavy (non-hydrogen) atoms. The summed E-state index contributed by atoms with van der Waals surface area (Å²) in [5.41, 5.74) is 7.32. The van der Waals surface area contributed by atoms with Crippen LogP contribution in [-0.2, 0) is 4.79 Å². The molecule has 0 saturated heterocycles. The van der Waals surface area contributed by atoms with E-state index < -0.39 is 0 Å². The highest BCUT2D eigenvalue weighted by Crippen LogP contribution is 2.27. The Morgan fingerprint density at radius 1 is 1.41 bits per heavy atom. The van der Waals surface area contributed by atoms with Crippen molar-refractivity contribution in [2.75, 3.05) is 11.1 Å². The summed E-state index contributed by atoms with van der Waals surface area (Å²) >= 11 is 0. The molecule has 3 N–H and O–H groups in total. The Morgan fingerprint density at radius 3 is 2.71 bits per heavy atom. The fourth-order valence-electron chi connectivity index (χ4n) is 2.17. The maximum Gasteiger partial charge on any atom is 0.227 e. The zero-order chi connectivity index (χ0) is 12.3. The largest absolute Gasteiger partial charge is 0.397 e. The van der Waals surface area contributed by atoms with E-state index in [1.165, 1.54) is 0 Å². The van der Waals surface area contributed by atoms with Crippen LogP contribution in [0.3, 0.4) is 0 Å². The van der Waals surface area contributed by atoms with Gasteiger partial charge in [-0.3, -0.25) is 4.79 Å². The molecule has 0 aliphatic heterocycles. The average Bonchev–Trinajstić information content (AvgIpc) is 2.85. The number of carbonyl (C=O) groups excluding carboxylic acids is 1. The molecule has 4 nitrogen and oxygen atoms in total. The van der Waals surface area contributed by atoms with Crippen LogP contribution in [-0.4, -0.2) is 5.91 Å².